The van der Waals surface area contributed by atoms with Crippen molar-refractivity contribution in [1.29, 1.82) is 0 Å². The summed E-state index contributed by atoms with van der Waals surface area (Å²) in [4.78, 5) is 11.6. The summed E-state index contributed by atoms with van der Waals surface area (Å²) in [6, 6.07) is 7.96. The Kier molecular flexibility index (Phi) is 3.20. The number of carbonyl (C=O) groups is 1. The van der Waals surface area contributed by atoms with Crippen LogP contribution in [0.1, 0.15) is 15.9 Å². The van der Waals surface area contributed by atoms with Crippen LogP contribution in [0, 0.1) is 0 Å². The predicted octanol–water partition coefficient (Wildman–Crippen LogP) is 1.75. The van der Waals surface area contributed by atoms with Gasteiger partial charge in [0.15, 0.2) is 0 Å². The molecule has 0 atom stereocenters. The van der Waals surface area contributed by atoms with Crippen molar-refractivity contribution in [2.45, 2.75) is 0 Å². The van der Waals surface area contributed by atoms with Gasteiger partial charge >= 0.3 is 0 Å². The summed E-state index contributed by atoms with van der Waals surface area (Å²) in [6.07, 6.45) is 4.45. The summed E-state index contributed by atoms with van der Waals surface area (Å²) in [5, 5.41) is 13.2. The highest BCUT2D eigenvalue weighted by Gasteiger charge is 2.08. The second-order valence-corrected chi connectivity index (χ2v) is 3.27. The topological polar surface area (TPSA) is 74.8 Å². The molecular weight excluding hydrogens is 220 g/mol. The predicted molar refractivity (Wildman–Crippen MR) is 61.9 cm³/mol. The van der Waals surface area contributed by atoms with E-state index in [9.17, 15) is 9.90 Å². The van der Waals surface area contributed by atoms with Crippen LogP contribution in [0.3, 0.4) is 0 Å². The Balaban J connectivity index is 2.01. The average molecular weight is 230 g/mol. The van der Waals surface area contributed by atoms with Gasteiger partial charge < -0.3 is 9.52 Å². The highest BCUT2D eigenvalue weighted by Crippen LogP contribution is 2.14. The van der Waals surface area contributed by atoms with Gasteiger partial charge in [0.05, 0.1) is 24.3 Å². The van der Waals surface area contributed by atoms with Crippen LogP contribution in [0.5, 0.6) is 5.75 Å². The monoisotopic (exact) mass is 230 g/mol. The van der Waals surface area contributed by atoms with Gasteiger partial charge in [-0.3, -0.25) is 4.79 Å². The first-order valence-electron chi connectivity index (χ1n) is 4.91. The highest BCUT2D eigenvalue weighted by atomic mass is 16.3. The van der Waals surface area contributed by atoms with E-state index in [0.717, 1.165) is 5.56 Å². The molecule has 0 aliphatic rings. The molecule has 0 saturated heterocycles. The van der Waals surface area contributed by atoms with Crippen LogP contribution in [0.25, 0.3) is 0 Å². The van der Waals surface area contributed by atoms with Crippen molar-refractivity contribution in [2.24, 2.45) is 5.10 Å². The second-order valence-electron chi connectivity index (χ2n) is 3.27. The van der Waals surface area contributed by atoms with E-state index in [4.69, 9.17) is 4.42 Å². The molecule has 1 aromatic heterocycles. The third kappa shape index (κ3) is 2.72. The number of para-hydroxylation sites is 1. The molecule has 5 nitrogen and oxygen atoms in total. The van der Waals surface area contributed by atoms with Crippen LogP contribution >= 0.6 is 0 Å². The molecule has 2 N–H and O–H groups in total. The lowest BCUT2D eigenvalue weighted by atomic mass is 10.2. The standard InChI is InChI=1S/C12H10N2O3/c15-11-4-2-1-3-10(11)12(16)14-13-7-9-5-6-17-8-9/h1-8,15H,(H,14,16)/b13-7+. The van der Waals surface area contributed by atoms with Crippen LogP contribution in [0.4, 0.5) is 0 Å². The number of hydrogen-bond acceptors (Lipinski definition) is 4. The largest absolute Gasteiger partial charge is 0.507 e. The summed E-state index contributed by atoms with van der Waals surface area (Å²) >= 11 is 0. The molecule has 1 aromatic carbocycles. The van der Waals surface area contributed by atoms with Gasteiger partial charge in [-0.2, -0.15) is 5.10 Å². The van der Waals surface area contributed by atoms with Crippen molar-refractivity contribution in [2.75, 3.05) is 0 Å². The molecule has 5 heteroatoms. The van der Waals surface area contributed by atoms with Gasteiger partial charge in [-0.1, -0.05) is 12.1 Å². The molecule has 17 heavy (non-hydrogen) atoms. The van der Waals surface area contributed by atoms with Crippen molar-refractivity contribution in [3.8, 4) is 5.75 Å². The van der Waals surface area contributed by atoms with Gasteiger partial charge in [0.25, 0.3) is 5.91 Å². The smallest absolute Gasteiger partial charge is 0.275 e. The number of hydrogen-bond donors (Lipinski definition) is 2. The van der Waals surface area contributed by atoms with Crippen LogP contribution in [-0.2, 0) is 0 Å². The van der Waals surface area contributed by atoms with E-state index in [-0.39, 0.29) is 11.3 Å². The number of nitrogens with zero attached hydrogens (tertiary/aromatic N) is 1. The fourth-order valence-corrected chi connectivity index (χ4v) is 1.24. The molecule has 0 spiro atoms. The number of amides is 1. The van der Waals surface area contributed by atoms with E-state index in [2.05, 4.69) is 10.5 Å². The van der Waals surface area contributed by atoms with Crippen LogP contribution in [0.15, 0.2) is 52.4 Å². The normalized spacial score (nSPS) is 10.6. The lowest BCUT2D eigenvalue weighted by Crippen LogP contribution is -2.17. The molecule has 0 saturated carbocycles. The molecule has 86 valence electrons. The van der Waals surface area contributed by atoms with Crippen molar-refractivity contribution in [3.63, 3.8) is 0 Å². The van der Waals surface area contributed by atoms with E-state index in [0.29, 0.717) is 0 Å². The third-order valence-corrected chi connectivity index (χ3v) is 2.07. The minimum Gasteiger partial charge on any atom is -0.507 e. The fourth-order valence-electron chi connectivity index (χ4n) is 1.24. The lowest BCUT2D eigenvalue weighted by Gasteiger charge is -2.01. The molecule has 0 radical (unpaired) electrons. The number of aromatic hydroxyl groups is 1. The summed E-state index contributed by atoms with van der Waals surface area (Å²) < 4.78 is 4.83. The first-order chi connectivity index (χ1) is 8.27. The maximum atomic E-state index is 11.6. The molecule has 2 rings (SSSR count). The second kappa shape index (κ2) is 4.98. The molecule has 2 aromatic rings. The summed E-state index contributed by atoms with van der Waals surface area (Å²) in [5.41, 5.74) is 3.22. The first kappa shape index (κ1) is 10.9. The van der Waals surface area contributed by atoms with Gasteiger partial charge in [0, 0.05) is 5.56 Å². The highest BCUT2D eigenvalue weighted by molar-refractivity contribution is 5.97. The summed E-state index contributed by atoms with van der Waals surface area (Å²) in [5.74, 6) is -0.550. The Morgan fingerprint density at radius 3 is 2.88 bits per heavy atom. The molecule has 0 aliphatic heterocycles. The third-order valence-electron chi connectivity index (χ3n) is 2.07. The molecular formula is C12H10N2O3. The Hall–Kier alpha value is -2.56. The minimum absolute atomic E-state index is 0.0801. The van der Waals surface area contributed by atoms with Crippen LogP contribution in [-0.4, -0.2) is 17.2 Å². The number of rotatable bonds is 3. The zero-order valence-electron chi connectivity index (χ0n) is 8.83. The molecule has 1 heterocycles. The summed E-state index contributed by atoms with van der Waals surface area (Å²) in [6.45, 7) is 0. The van der Waals surface area contributed by atoms with Crippen molar-refractivity contribution in [1.82, 2.24) is 5.43 Å². The number of phenols is 1. The van der Waals surface area contributed by atoms with Crippen molar-refractivity contribution >= 4 is 12.1 Å². The number of phenolic OH excluding ortho intramolecular Hbond substituents is 1. The Morgan fingerprint density at radius 2 is 2.18 bits per heavy atom. The maximum Gasteiger partial charge on any atom is 0.275 e. The number of benzene rings is 1. The van der Waals surface area contributed by atoms with E-state index in [1.54, 1.807) is 18.2 Å². The van der Waals surface area contributed by atoms with E-state index in [1.165, 1.54) is 30.9 Å². The van der Waals surface area contributed by atoms with Crippen LogP contribution in [0.2, 0.25) is 0 Å². The van der Waals surface area contributed by atoms with Gasteiger partial charge in [0.1, 0.15) is 5.75 Å². The van der Waals surface area contributed by atoms with Crippen molar-refractivity contribution < 1.29 is 14.3 Å². The molecule has 0 bridgehead atoms. The Labute approximate surface area is 97.4 Å². The Bertz CT molecular complexity index is 532. The van der Waals surface area contributed by atoms with Crippen molar-refractivity contribution in [3.05, 3.63) is 54.0 Å². The summed E-state index contributed by atoms with van der Waals surface area (Å²) in [7, 11) is 0. The average Bonchev–Trinajstić information content (AvgIpc) is 2.82. The molecule has 0 aliphatic carbocycles. The Morgan fingerprint density at radius 1 is 1.35 bits per heavy atom. The quantitative estimate of drug-likeness (QED) is 0.623. The molecule has 0 unspecified atom stereocenters. The SMILES string of the molecule is O=C(N/N=C/c1ccoc1)c1ccccc1O. The van der Waals surface area contributed by atoms with E-state index >= 15 is 0 Å². The van der Waals surface area contributed by atoms with E-state index in [1.807, 2.05) is 0 Å². The fraction of sp³-hybridized carbons (Fsp3) is 0. The zero-order chi connectivity index (χ0) is 12.1. The number of carbonyl (C=O) groups excluding carboxylic acids is 1. The first-order valence-corrected chi connectivity index (χ1v) is 4.91. The zero-order valence-corrected chi connectivity index (χ0v) is 8.83. The van der Waals surface area contributed by atoms with Gasteiger partial charge in [-0.25, -0.2) is 5.43 Å². The van der Waals surface area contributed by atoms with E-state index < -0.39 is 5.91 Å². The minimum atomic E-state index is -0.470. The number of furan rings is 1. The number of hydrazone groups is 1. The van der Waals surface area contributed by atoms with Crippen LogP contribution < -0.4 is 5.43 Å². The van der Waals surface area contributed by atoms with Gasteiger partial charge in [0.2, 0.25) is 0 Å². The van der Waals surface area contributed by atoms with Gasteiger partial charge in [-0.15, -0.1) is 0 Å². The maximum absolute atomic E-state index is 11.6. The lowest BCUT2D eigenvalue weighted by molar-refractivity contribution is 0.0952. The number of nitrogens with one attached hydrogen (secondary N) is 1. The van der Waals surface area contributed by atoms with Gasteiger partial charge in [-0.05, 0) is 18.2 Å². The molecule has 0 fully saturated rings. The molecule has 1 amide bonds.